The molecule has 1 aromatic carbocycles. The Hall–Kier alpha value is -1.71. The number of amides is 1. The molecule has 20 heavy (non-hydrogen) atoms. The maximum Gasteiger partial charge on any atom is 0.410 e. The second-order valence-corrected chi connectivity index (χ2v) is 6.06. The molecule has 2 saturated heterocycles. The molecule has 2 heterocycles. The van der Waals surface area contributed by atoms with Gasteiger partial charge in [0.2, 0.25) is 0 Å². The predicted octanol–water partition coefficient (Wildman–Crippen LogP) is 2.67. The van der Waals surface area contributed by atoms with Crippen LogP contribution < -0.4 is 4.90 Å². The van der Waals surface area contributed by atoms with Crippen LogP contribution in [-0.2, 0) is 11.2 Å². The number of fused-ring (bicyclic) bond motifs is 1. The molecular formula is C16H22N2O2. The Balaban J connectivity index is 1.70. The van der Waals surface area contributed by atoms with E-state index < -0.39 is 0 Å². The number of carbonyl (C=O) groups is 1. The highest BCUT2D eigenvalue weighted by Crippen LogP contribution is 2.35. The summed E-state index contributed by atoms with van der Waals surface area (Å²) in [5, 5.41) is 0. The third-order valence-corrected chi connectivity index (χ3v) is 4.51. The summed E-state index contributed by atoms with van der Waals surface area (Å²) in [7, 11) is 4.08. The zero-order valence-electron chi connectivity index (χ0n) is 12.4. The first kappa shape index (κ1) is 13.3. The average Bonchev–Trinajstić information content (AvgIpc) is 2.94. The fraction of sp³-hybridized carbons (Fsp3) is 0.562. The summed E-state index contributed by atoms with van der Waals surface area (Å²) in [5.41, 5.74) is 2.49. The van der Waals surface area contributed by atoms with Gasteiger partial charge in [0.25, 0.3) is 0 Å². The van der Waals surface area contributed by atoms with Crippen LogP contribution in [0.4, 0.5) is 10.5 Å². The van der Waals surface area contributed by atoms with Crippen LogP contribution in [0.3, 0.4) is 0 Å². The van der Waals surface area contributed by atoms with Crippen molar-refractivity contribution in [1.82, 2.24) is 4.90 Å². The van der Waals surface area contributed by atoms with E-state index in [2.05, 4.69) is 29.2 Å². The predicted molar refractivity (Wildman–Crippen MR) is 79.1 cm³/mol. The number of anilines is 1. The summed E-state index contributed by atoms with van der Waals surface area (Å²) in [6, 6.07) is 9.16. The van der Waals surface area contributed by atoms with Crippen molar-refractivity contribution in [2.45, 2.75) is 44.4 Å². The largest absolute Gasteiger partial charge is 0.444 e. The Bertz CT molecular complexity index is 498. The minimum Gasteiger partial charge on any atom is -0.444 e. The van der Waals surface area contributed by atoms with Gasteiger partial charge < -0.3 is 9.64 Å². The maximum atomic E-state index is 11.9. The number of rotatable bonds is 3. The molecule has 0 aliphatic carbocycles. The van der Waals surface area contributed by atoms with E-state index in [1.165, 1.54) is 11.3 Å². The van der Waals surface area contributed by atoms with E-state index >= 15 is 0 Å². The molecule has 1 aromatic rings. The Morgan fingerprint density at radius 3 is 2.60 bits per heavy atom. The van der Waals surface area contributed by atoms with Crippen molar-refractivity contribution in [3.05, 3.63) is 29.8 Å². The lowest BCUT2D eigenvalue weighted by Crippen LogP contribution is -2.37. The van der Waals surface area contributed by atoms with Gasteiger partial charge in [-0.05, 0) is 43.9 Å². The summed E-state index contributed by atoms with van der Waals surface area (Å²) >= 11 is 0. The van der Waals surface area contributed by atoms with Gasteiger partial charge in [0.05, 0.1) is 6.04 Å². The van der Waals surface area contributed by atoms with E-state index in [0.29, 0.717) is 6.04 Å². The van der Waals surface area contributed by atoms with Crippen LogP contribution >= 0.6 is 0 Å². The van der Waals surface area contributed by atoms with Crippen LogP contribution in [0.25, 0.3) is 0 Å². The quantitative estimate of drug-likeness (QED) is 0.849. The Morgan fingerprint density at radius 2 is 1.95 bits per heavy atom. The van der Waals surface area contributed by atoms with Crippen LogP contribution in [0.5, 0.6) is 0 Å². The fourth-order valence-electron chi connectivity index (χ4n) is 3.36. The van der Waals surface area contributed by atoms with Crippen molar-refractivity contribution in [3.63, 3.8) is 0 Å². The van der Waals surface area contributed by atoms with Crippen molar-refractivity contribution in [2.75, 3.05) is 19.0 Å². The summed E-state index contributed by atoms with van der Waals surface area (Å²) in [4.78, 5) is 16.0. The zero-order valence-corrected chi connectivity index (χ0v) is 12.4. The van der Waals surface area contributed by atoms with E-state index in [-0.39, 0.29) is 18.2 Å². The summed E-state index contributed by atoms with van der Waals surface area (Å²) < 4.78 is 5.33. The lowest BCUT2D eigenvalue weighted by Gasteiger charge is -2.22. The summed E-state index contributed by atoms with van der Waals surface area (Å²) in [5.74, 6) is 0. The maximum absolute atomic E-state index is 11.9. The normalized spacial score (nSPS) is 28.4. The number of hydrogen-bond acceptors (Lipinski definition) is 3. The molecule has 4 nitrogen and oxygen atoms in total. The molecule has 0 radical (unpaired) electrons. The van der Waals surface area contributed by atoms with Crippen LogP contribution in [-0.4, -0.2) is 43.3 Å². The Labute approximate surface area is 120 Å². The van der Waals surface area contributed by atoms with Gasteiger partial charge in [-0.15, -0.1) is 0 Å². The van der Waals surface area contributed by atoms with E-state index in [0.717, 1.165) is 19.3 Å². The lowest BCUT2D eigenvalue weighted by atomic mass is 10.0. The first-order valence-electron chi connectivity index (χ1n) is 7.31. The van der Waals surface area contributed by atoms with Crippen LogP contribution in [0.15, 0.2) is 24.3 Å². The van der Waals surface area contributed by atoms with Crippen LogP contribution in [0.1, 0.15) is 25.3 Å². The molecular weight excluding hydrogens is 252 g/mol. The van der Waals surface area contributed by atoms with Crippen molar-refractivity contribution in [2.24, 2.45) is 0 Å². The first-order chi connectivity index (χ1) is 9.56. The smallest absolute Gasteiger partial charge is 0.410 e. The number of hydrogen-bond donors (Lipinski definition) is 0. The van der Waals surface area contributed by atoms with Gasteiger partial charge in [-0.2, -0.15) is 0 Å². The molecule has 108 valence electrons. The van der Waals surface area contributed by atoms with Crippen molar-refractivity contribution in [1.29, 1.82) is 0 Å². The number of benzene rings is 1. The second kappa shape index (κ2) is 5.00. The highest BCUT2D eigenvalue weighted by atomic mass is 16.6. The number of cyclic esters (lactones) is 1. The van der Waals surface area contributed by atoms with Crippen LogP contribution in [0, 0.1) is 0 Å². The molecule has 1 amide bonds. The fourth-order valence-corrected chi connectivity index (χ4v) is 3.36. The van der Waals surface area contributed by atoms with Crippen molar-refractivity contribution < 1.29 is 9.53 Å². The molecule has 4 heteroatoms. The Kier molecular flexibility index (Phi) is 3.32. The van der Waals surface area contributed by atoms with Gasteiger partial charge in [-0.1, -0.05) is 12.1 Å². The second-order valence-electron chi connectivity index (χ2n) is 6.06. The lowest BCUT2D eigenvalue weighted by molar-refractivity contribution is 0.130. The van der Waals surface area contributed by atoms with Gasteiger partial charge in [0.1, 0.15) is 6.10 Å². The summed E-state index contributed by atoms with van der Waals surface area (Å²) in [6.45, 7) is 2.00. The molecule has 2 fully saturated rings. The molecule has 0 bridgehead atoms. The highest BCUT2D eigenvalue weighted by Gasteiger charge is 2.47. The topological polar surface area (TPSA) is 32.8 Å². The first-order valence-corrected chi connectivity index (χ1v) is 7.31. The van der Waals surface area contributed by atoms with Gasteiger partial charge in [-0.3, -0.25) is 4.90 Å². The molecule has 2 aliphatic heterocycles. The monoisotopic (exact) mass is 274 g/mol. The molecule has 3 atom stereocenters. The van der Waals surface area contributed by atoms with Gasteiger partial charge in [0, 0.05) is 25.8 Å². The Morgan fingerprint density at radius 1 is 1.25 bits per heavy atom. The molecule has 0 spiro atoms. The molecule has 0 unspecified atom stereocenters. The van der Waals surface area contributed by atoms with Gasteiger partial charge in [-0.25, -0.2) is 4.79 Å². The van der Waals surface area contributed by atoms with Crippen molar-refractivity contribution in [3.8, 4) is 0 Å². The number of carbonyl (C=O) groups excluding carboxylic acids is 1. The standard InChI is InChI=1S/C16H22N2O2/c1-11-15-9-8-14(18(15)16(19)20-11)10-12-4-6-13(7-5-12)17(2)3/h4-7,11,14-15H,8-10H2,1-3H3/t11-,14+,15+/m1/s1. The third-order valence-electron chi connectivity index (χ3n) is 4.51. The van der Waals surface area contributed by atoms with E-state index in [1.54, 1.807) is 0 Å². The minimum absolute atomic E-state index is 0.0450. The third kappa shape index (κ3) is 2.23. The van der Waals surface area contributed by atoms with E-state index in [9.17, 15) is 4.79 Å². The van der Waals surface area contributed by atoms with Gasteiger partial charge in [0.15, 0.2) is 0 Å². The van der Waals surface area contributed by atoms with E-state index in [4.69, 9.17) is 4.74 Å². The van der Waals surface area contributed by atoms with Crippen molar-refractivity contribution >= 4 is 11.8 Å². The molecule has 3 rings (SSSR count). The zero-order chi connectivity index (χ0) is 14.3. The number of nitrogens with zero attached hydrogens (tertiary/aromatic N) is 2. The SMILES string of the molecule is C[C@H]1OC(=O)N2[C@H](Cc3ccc(N(C)C)cc3)CC[C@@H]12. The van der Waals surface area contributed by atoms with Gasteiger partial charge >= 0.3 is 6.09 Å². The van der Waals surface area contributed by atoms with Crippen LogP contribution in [0.2, 0.25) is 0 Å². The van der Waals surface area contributed by atoms with E-state index in [1.807, 2.05) is 25.9 Å². The number of ether oxygens (including phenoxy) is 1. The molecule has 0 aromatic heterocycles. The average molecular weight is 274 g/mol. The molecule has 0 saturated carbocycles. The summed E-state index contributed by atoms with van der Waals surface area (Å²) in [6.07, 6.45) is 2.98. The molecule has 0 N–H and O–H groups in total. The minimum atomic E-state index is -0.130. The highest BCUT2D eigenvalue weighted by molar-refractivity contribution is 5.71. The molecule has 2 aliphatic rings.